The molecule has 2 heterocycles. The van der Waals surface area contributed by atoms with Gasteiger partial charge < -0.3 is 5.32 Å². The Labute approximate surface area is 67.9 Å². The Morgan fingerprint density at radius 3 is 2.45 bits per heavy atom. The summed E-state index contributed by atoms with van der Waals surface area (Å²) in [7, 11) is 0. The van der Waals surface area contributed by atoms with Gasteiger partial charge in [0.1, 0.15) is 0 Å². The van der Waals surface area contributed by atoms with Crippen LogP contribution in [0.4, 0.5) is 0 Å². The van der Waals surface area contributed by atoms with Gasteiger partial charge in [-0.1, -0.05) is 0 Å². The molecule has 11 heavy (non-hydrogen) atoms. The van der Waals surface area contributed by atoms with Gasteiger partial charge in [0.25, 0.3) is 0 Å². The fourth-order valence-corrected chi connectivity index (χ4v) is 2.22. The molecule has 1 spiro atoms. The van der Waals surface area contributed by atoms with Crippen molar-refractivity contribution in [3.05, 3.63) is 0 Å². The molecule has 0 aromatic carbocycles. The first-order chi connectivity index (χ1) is 5.31. The first-order valence-electron chi connectivity index (χ1n) is 4.51. The van der Waals surface area contributed by atoms with E-state index in [1.54, 1.807) is 0 Å². The van der Waals surface area contributed by atoms with Crippen molar-refractivity contribution in [3.63, 3.8) is 0 Å². The zero-order chi connectivity index (χ0) is 7.73. The second kappa shape index (κ2) is 2.73. The molecule has 0 bridgehead atoms. The lowest BCUT2D eigenvalue weighted by Crippen LogP contribution is -2.44. The van der Waals surface area contributed by atoms with Gasteiger partial charge in [0, 0.05) is 19.6 Å². The highest BCUT2D eigenvalue weighted by Crippen LogP contribution is 2.35. The highest BCUT2D eigenvalue weighted by Gasteiger charge is 2.36. The fourth-order valence-electron chi connectivity index (χ4n) is 2.22. The van der Waals surface area contributed by atoms with Crippen LogP contribution in [0.2, 0.25) is 0 Å². The number of nitrogens with one attached hydrogen (secondary N) is 1. The van der Waals surface area contributed by atoms with Crippen LogP contribution in [0.5, 0.6) is 0 Å². The summed E-state index contributed by atoms with van der Waals surface area (Å²) in [5.41, 5.74) is 0.621. The molecule has 64 valence electrons. The predicted octanol–water partition coefficient (Wildman–Crippen LogP) is -0.0644. The van der Waals surface area contributed by atoms with E-state index in [-0.39, 0.29) is 0 Å². The number of nitrogens with zero attached hydrogens (tertiary/aromatic N) is 1. The second-order valence-electron chi connectivity index (χ2n) is 3.96. The Morgan fingerprint density at radius 1 is 1.18 bits per heavy atom. The van der Waals surface area contributed by atoms with E-state index in [0.717, 1.165) is 13.1 Å². The SMILES string of the molecule is NN1CCC2(CCNC2)CC1. The molecule has 3 N–H and O–H groups in total. The largest absolute Gasteiger partial charge is 0.316 e. The first kappa shape index (κ1) is 7.53. The molecule has 0 saturated carbocycles. The van der Waals surface area contributed by atoms with Gasteiger partial charge in [0.2, 0.25) is 0 Å². The van der Waals surface area contributed by atoms with Crippen LogP contribution < -0.4 is 11.2 Å². The highest BCUT2D eigenvalue weighted by molar-refractivity contribution is 4.91. The quantitative estimate of drug-likeness (QED) is 0.481. The standard InChI is InChI=1S/C8H17N3/c9-11-5-2-8(3-6-11)1-4-10-7-8/h10H,1-7,9H2. The topological polar surface area (TPSA) is 41.3 Å². The molecular formula is C8H17N3. The van der Waals surface area contributed by atoms with E-state index in [1.165, 1.54) is 32.4 Å². The van der Waals surface area contributed by atoms with E-state index in [9.17, 15) is 0 Å². The lowest BCUT2D eigenvalue weighted by molar-refractivity contribution is 0.120. The lowest BCUT2D eigenvalue weighted by atomic mass is 9.78. The molecule has 2 rings (SSSR count). The van der Waals surface area contributed by atoms with E-state index < -0.39 is 0 Å². The molecule has 3 nitrogen and oxygen atoms in total. The molecule has 0 unspecified atom stereocenters. The van der Waals surface area contributed by atoms with Crippen molar-refractivity contribution in [2.45, 2.75) is 19.3 Å². The second-order valence-corrected chi connectivity index (χ2v) is 3.96. The molecule has 2 aliphatic rings. The third-order valence-corrected chi connectivity index (χ3v) is 3.19. The number of hydrazine groups is 1. The summed E-state index contributed by atoms with van der Waals surface area (Å²) in [5.74, 6) is 5.70. The van der Waals surface area contributed by atoms with Crippen molar-refractivity contribution in [2.24, 2.45) is 11.3 Å². The minimum Gasteiger partial charge on any atom is -0.316 e. The van der Waals surface area contributed by atoms with Gasteiger partial charge in [0.15, 0.2) is 0 Å². The van der Waals surface area contributed by atoms with Gasteiger partial charge in [-0.25, -0.2) is 5.01 Å². The first-order valence-corrected chi connectivity index (χ1v) is 4.51. The molecular weight excluding hydrogens is 138 g/mol. The van der Waals surface area contributed by atoms with Gasteiger partial charge in [0.05, 0.1) is 0 Å². The Bertz CT molecular complexity index is 130. The maximum absolute atomic E-state index is 5.70. The molecule has 2 fully saturated rings. The van der Waals surface area contributed by atoms with E-state index in [0.29, 0.717) is 5.41 Å². The van der Waals surface area contributed by atoms with Gasteiger partial charge >= 0.3 is 0 Å². The zero-order valence-corrected chi connectivity index (χ0v) is 6.97. The van der Waals surface area contributed by atoms with Crippen LogP contribution in [-0.2, 0) is 0 Å². The average Bonchev–Trinajstić information content (AvgIpc) is 2.45. The van der Waals surface area contributed by atoms with Crippen LogP contribution in [0.15, 0.2) is 0 Å². The van der Waals surface area contributed by atoms with Crippen molar-refractivity contribution in [1.82, 2.24) is 10.3 Å². The van der Waals surface area contributed by atoms with Gasteiger partial charge in [-0.15, -0.1) is 0 Å². The number of rotatable bonds is 0. The summed E-state index contributed by atoms with van der Waals surface area (Å²) in [6.07, 6.45) is 3.94. The van der Waals surface area contributed by atoms with E-state index >= 15 is 0 Å². The molecule has 0 aromatic heterocycles. The molecule has 0 radical (unpaired) electrons. The van der Waals surface area contributed by atoms with Gasteiger partial charge in [-0.2, -0.15) is 0 Å². The van der Waals surface area contributed by atoms with Crippen molar-refractivity contribution in [1.29, 1.82) is 0 Å². The molecule has 0 aromatic rings. The molecule has 3 heteroatoms. The van der Waals surface area contributed by atoms with Crippen LogP contribution in [0.3, 0.4) is 0 Å². The number of piperidine rings is 1. The van der Waals surface area contributed by atoms with Gasteiger partial charge in [-0.05, 0) is 31.2 Å². The highest BCUT2D eigenvalue weighted by atomic mass is 15.4. The minimum atomic E-state index is 0.621. The monoisotopic (exact) mass is 155 g/mol. The van der Waals surface area contributed by atoms with Crippen LogP contribution >= 0.6 is 0 Å². The Kier molecular flexibility index (Phi) is 1.87. The molecule has 0 amide bonds. The van der Waals surface area contributed by atoms with E-state index in [1.807, 2.05) is 5.01 Å². The van der Waals surface area contributed by atoms with E-state index in [2.05, 4.69) is 5.32 Å². The van der Waals surface area contributed by atoms with Gasteiger partial charge in [-0.3, -0.25) is 5.84 Å². The summed E-state index contributed by atoms with van der Waals surface area (Å²) in [4.78, 5) is 0. The average molecular weight is 155 g/mol. The lowest BCUT2D eigenvalue weighted by Gasteiger charge is -2.36. The maximum atomic E-state index is 5.70. The summed E-state index contributed by atoms with van der Waals surface area (Å²) >= 11 is 0. The number of hydrogen-bond acceptors (Lipinski definition) is 3. The van der Waals surface area contributed by atoms with Crippen LogP contribution in [0.25, 0.3) is 0 Å². The Balaban J connectivity index is 1.94. The summed E-state index contributed by atoms with van der Waals surface area (Å²) < 4.78 is 0. The maximum Gasteiger partial charge on any atom is 0.0134 e. The summed E-state index contributed by atoms with van der Waals surface area (Å²) in [6, 6.07) is 0. The van der Waals surface area contributed by atoms with Crippen molar-refractivity contribution < 1.29 is 0 Å². The third-order valence-electron chi connectivity index (χ3n) is 3.19. The fraction of sp³-hybridized carbons (Fsp3) is 1.00. The zero-order valence-electron chi connectivity index (χ0n) is 6.97. The van der Waals surface area contributed by atoms with Crippen molar-refractivity contribution >= 4 is 0 Å². The third kappa shape index (κ3) is 1.41. The smallest absolute Gasteiger partial charge is 0.0134 e. The van der Waals surface area contributed by atoms with Crippen LogP contribution in [-0.4, -0.2) is 31.2 Å². The molecule has 2 aliphatic heterocycles. The van der Waals surface area contributed by atoms with Crippen LogP contribution in [0, 0.1) is 5.41 Å². The normalized spacial score (nSPS) is 31.4. The predicted molar refractivity (Wildman–Crippen MR) is 44.9 cm³/mol. The minimum absolute atomic E-state index is 0.621. The van der Waals surface area contributed by atoms with Crippen molar-refractivity contribution in [2.75, 3.05) is 26.2 Å². The Hall–Kier alpha value is -0.120. The number of hydrogen-bond donors (Lipinski definition) is 2. The Morgan fingerprint density at radius 2 is 1.91 bits per heavy atom. The van der Waals surface area contributed by atoms with Crippen molar-refractivity contribution in [3.8, 4) is 0 Å². The molecule has 2 saturated heterocycles. The molecule has 0 aliphatic carbocycles. The molecule has 0 atom stereocenters. The number of nitrogens with two attached hydrogens (primary N) is 1. The van der Waals surface area contributed by atoms with Crippen LogP contribution in [0.1, 0.15) is 19.3 Å². The summed E-state index contributed by atoms with van der Waals surface area (Å²) in [5, 5.41) is 5.39. The van der Waals surface area contributed by atoms with E-state index in [4.69, 9.17) is 5.84 Å². The summed E-state index contributed by atoms with van der Waals surface area (Å²) in [6.45, 7) is 4.61.